The van der Waals surface area contributed by atoms with Crippen LogP contribution in [0.5, 0.6) is 0 Å². The number of carbonyl (C=O) groups excluding carboxylic acids is 1. The molecule has 1 saturated heterocycles. The maximum absolute atomic E-state index is 12.3. The highest BCUT2D eigenvalue weighted by Gasteiger charge is 2.22. The van der Waals surface area contributed by atoms with E-state index in [9.17, 15) is 4.79 Å². The molecule has 3 heterocycles. The molecule has 0 radical (unpaired) electrons. The molecule has 1 amide bonds. The van der Waals surface area contributed by atoms with Gasteiger partial charge in [-0.15, -0.1) is 16.4 Å². The van der Waals surface area contributed by atoms with Crippen LogP contribution in [0.15, 0.2) is 29.7 Å². The molecule has 0 N–H and O–H groups in total. The zero-order chi connectivity index (χ0) is 16.4. The maximum atomic E-state index is 12.3. The average Bonchev–Trinajstić information content (AvgIpc) is 3.30. The molecule has 0 bridgehead atoms. The van der Waals surface area contributed by atoms with Gasteiger partial charge in [0.2, 0.25) is 5.91 Å². The van der Waals surface area contributed by atoms with Gasteiger partial charge in [0.25, 0.3) is 0 Å². The summed E-state index contributed by atoms with van der Waals surface area (Å²) in [7, 11) is 0. The lowest BCUT2D eigenvalue weighted by Crippen LogP contribution is -2.48. The van der Waals surface area contributed by atoms with Gasteiger partial charge in [0.15, 0.2) is 5.82 Å². The summed E-state index contributed by atoms with van der Waals surface area (Å²) in [5.74, 6) is 1.04. The van der Waals surface area contributed by atoms with Crippen LogP contribution in [0.1, 0.15) is 22.6 Å². The van der Waals surface area contributed by atoms with Crippen LogP contribution in [0.25, 0.3) is 6.08 Å². The van der Waals surface area contributed by atoms with Gasteiger partial charge >= 0.3 is 0 Å². The summed E-state index contributed by atoms with van der Waals surface area (Å²) >= 11 is 1.64. The Morgan fingerprint density at radius 2 is 2.04 bits per heavy atom. The number of hydrogen-bond donors (Lipinski definition) is 0. The third kappa shape index (κ3) is 3.19. The number of aromatic nitrogens is 2. The highest BCUT2D eigenvalue weighted by Crippen LogP contribution is 2.23. The molecule has 5 nitrogen and oxygen atoms in total. The Balaban J connectivity index is 1.35. The summed E-state index contributed by atoms with van der Waals surface area (Å²) in [6.07, 6.45) is 6.93. The second-order valence-corrected chi connectivity index (χ2v) is 7.17. The van der Waals surface area contributed by atoms with Crippen molar-refractivity contribution in [2.75, 3.05) is 31.1 Å². The number of piperazine rings is 1. The fourth-order valence-corrected chi connectivity index (χ4v) is 3.89. The van der Waals surface area contributed by atoms with Gasteiger partial charge < -0.3 is 9.80 Å². The summed E-state index contributed by atoms with van der Waals surface area (Å²) < 4.78 is 0. The van der Waals surface area contributed by atoms with Gasteiger partial charge in [-0.25, -0.2) is 0 Å². The van der Waals surface area contributed by atoms with Crippen molar-refractivity contribution in [1.82, 2.24) is 15.1 Å². The summed E-state index contributed by atoms with van der Waals surface area (Å²) in [6.45, 7) is 3.08. The van der Waals surface area contributed by atoms with Gasteiger partial charge in [-0.05, 0) is 48.4 Å². The van der Waals surface area contributed by atoms with Gasteiger partial charge in [-0.1, -0.05) is 6.07 Å². The Morgan fingerprint density at radius 1 is 1.17 bits per heavy atom. The van der Waals surface area contributed by atoms with Crippen molar-refractivity contribution in [2.45, 2.75) is 19.3 Å². The van der Waals surface area contributed by atoms with E-state index in [2.05, 4.69) is 21.2 Å². The molecule has 0 aromatic carbocycles. The topological polar surface area (TPSA) is 49.3 Å². The molecular weight excluding hydrogens is 320 g/mol. The van der Waals surface area contributed by atoms with Crippen LogP contribution >= 0.6 is 11.3 Å². The zero-order valence-corrected chi connectivity index (χ0v) is 14.3. The lowest BCUT2D eigenvalue weighted by Gasteiger charge is -2.34. The molecule has 0 saturated carbocycles. The van der Waals surface area contributed by atoms with E-state index in [-0.39, 0.29) is 5.91 Å². The standard InChI is InChI=1S/C18H20N4OS/c23-18(7-6-15-4-2-12-24-15)22-10-8-21(9-11-22)17-13-14-3-1-5-16(14)19-20-17/h2,4,6-7,12-13H,1,3,5,8-11H2/b7-6+. The molecule has 2 aliphatic rings. The fraction of sp³-hybridized carbons (Fsp3) is 0.389. The number of aryl methyl sites for hydroxylation is 2. The normalized spacial score (nSPS) is 17.5. The fourth-order valence-electron chi connectivity index (χ4n) is 3.27. The van der Waals surface area contributed by atoms with E-state index in [1.54, 1.807) is 17.4 Å². The van der Waals surface area contributed by atoms with Crippen molar-refractivity contribution in [3.63, 3.8) is 0 Å². The molecule has 1 aliphatic carbocycles. The summed E-state index contributed by atoms with van der Waals surface area (Å²) in [5, 5.41) is 10.8. The lowest BCUT2D eigenvalue weighted by atomic mass is 10.2. The van der Waals surface area contributed by atoms with Gasteiger partial charge in [-0.3, -0.25) is 4.79 Å². The molecule has 4 rings (SSSR count). The Kier molecular flexibility index (Phi) is 4.30. The van der Waals surface area contributed by atoms with E-state index in [1.807, 2.05) is 28.5 Å². The Labute approximate surface area is 145 Å². The van der Waals surface area contributed by atoms with Crippen molar-refractivity contribution in [1.29, 1.82) is 0 Å². The second-order valence-electron chi connectivity index (χ2n) is 6.19. The van der Waals surface area contributed by atoms with Gasteiger partial charge in [0.1, 0.15) is 0 Å². The number of rotatable bonds is 3. The predicted octanol–water partition coefficient (Wildman–Crippen LogP) is 2.39. The molecule has 0 spiro atoms. The van der Waals surface area contributed by atoms with Crippen molar-refractivity contribution in [3.05, 3.63) is 45.8 Å². The number of hydrogen-bond acceptors (Lipinski definition) is 5. The van der Waals surface area contributed by atoms with E-state index in [0.717, 1.165) is 55.4 Å². The summed E-state index contributed by atoms with van der Waals surface area (Å²) in [6, 6.07) is 6.19. The quantitative estimate of drug-likeness (QED) is 0.805. The van der Waals surface area contributed by atoms with Crippen LogP contribution in [0.3, 0.4) is 0 Å². The minimum Gasteiger partial charge on any atom is -0.352 e. The van der Waals surface area contributed by atoms with E-state index < -0.39 is 0 Å². The van der Waals surface area contributed by atoms with Crippen molar-refractivity contribution >= 4 is 29.1 Å². The highest BCUT2D eigenvalue weighted by atomic mass is 32.1. The zero-order valence-electron chi connectivity index (χ0n) is 13.5. The van der Waals surface area contributed by atoms with Crippen LogP contribution < -0.4 is 4.90 Å². The Bertz CT molecular complexity index is 748. The van der Waals surface area contributed by atoms with Crippen molar-refractivity contribution in [2.24, 2.45) is 0 Å². The van der Waals surface area contributed by atoms with E-state index in [4.69, 9.17) is 0 Å². The average molecular weight is 340 g/mol. The van der Waals surface area contributed by atoms with Crippen molar-refractivity contribution < 1.29 is 4.79 Å². The maximum Gasteiger partial charge on any atom is 0.246 e. The molecule has 124 valence electrons. The second kappa shape index (κ2) is 6.73. The number of fused-ring (bicyclic) bond motifs is 1. The van der Waals surface area contributed by atoms with E-state index in [1.165, 1.54) is 12.0 Å². The minimum atomic E-state index is 0.0862. The minimum absolute atomic E-state index is 0.0862. The molecule has 2 aromatic heterocycles. The highest BCUT2D eigenvalue weighted by molar-refractivity contribution is 7.10. The summed E-state index contributed by atoms with van der Waals surface area (Å²) in [4.78, 5) is 17.5. The van der Waals surface area contributed by atoms with Crippen molar-refractivity contribution in [3.8, 4) is 0 Å². The predicted molar refractivity (Wildman–Crippen MR) is 96.2 cm³/mol. The monoisotopic (exact) mass is 340 g/mol. The van der Waals surface area contributed by atoms with Gasteiger partial charge in [0, 0.05) is 37.1 Å². The first-order valence-corrected chi connectivity index (χ1v) is 9.28. The Morgan fingerprint density at radius 3 is 2.83 bits per heavy atom. The van der Waals surface area contributed by atoms with Crippen LogP contribution in [0.4, 0.5) is 5.82 Å². The first-order chi connectivity index (χ1) is 11.8. The Hall–Kier alpha value is -2.21. The van der Waals surface area contributed by atoms with Crippen LogP contribution in [-0.4, -0.2) is 47.2 Å². The van der Waals surface area contributed by atoms with Gasteiger partial charge in [0.05, 0.1) is 5.69 Å². The number of nitrogens with zero attached hydrogens (tertiary/aromatic N) is 4. The first kappa shape index (κ1) is 15.3. The smallest absolute Gasteiger partial charge is 0.246 e. The lowest BCUT2D eigenvalue weighted by molar-refractivity contribution is -0.126. The van der Waals surface area contributed by atoms with E-state index >= 15 is 0 Å². The molecule has 0 atom stereocenters. The number of anilines is 1. The third-order valence-corrected chi connectivity index (χ3v) is 5.49. The van der Waals surface area contributed by atoms with Crippen LogP contribution in [0, 0.1) is 0 Å². The number of thiophene rings is 1. The van der Waals surface area contributed by atoms with Crippen LogP contribution in [-0.2, 0) is 17.6 Å². The molecular formula is C18H20N4OS. The SMILES string of the molecule is O=C(/C=C/c1cccs1)N1CCN(c2cc3c(nn2)CCC3)CC1. The molecule has 1 fully saturated rings. The summed E-state index contributed by atoms with van der Waals surface area (Å²) in [5.41, 5.74) is 2.50. The first-order valence-electron chi connectivity index (χ1n) is 8.40. The number of carbonyl (C=O) groups is 1. The molecule has 6 heteroatoms. The molecule has 2 aromatic rings. The molecule has 1 aliphatic heterocycles. The number of amides is 1. The third-order valence-electron chi connectivity index (χ3n) is 4.66. The molecule has 0 unspecified atom stereocenters. The van der Waals surface area contributed by atoms with Gasteiger partial charge in [-0.2, -0.15) is 5.10 Å². The van der Waals surface area contributed by atoms with Crippen LogP contribution in [0.2, 0.25) is 0 Å². The largest absolute Gasteiger partial charge is 0.352 e. The van der Waals surface area contributed by atoms with E-state index in [0.29, 0.717) is 0 Å². The molecule has 24 heavy (non-hydrogen) atoms.